The molecule has 4 aromatic rings. The van der Waals surface area contributed by atoms with E-state index in [4.69, 9.17) is 0 Å². The van der Waals surface area contributed by atoms with Gasteiger partial charge in [0, 0.05) is 10.8 Å². The van der Waals surface area contributed by atoms with Crippen LogP contribution < -0.4 is 129 Å². The van der Waals surface area contributed by atoms with Crippen LogP contribution in [0.25, 0.3) is 21.5 Å². The smallest absolute Gasteiger partial charge is 0.744 e. The van der Waals surface area contributed by atoms with Crippen LogP contribution in [0.3, 0.4) is 0 Å². The van der Waals surface area contributed by atoms with Crippen molar-refractivity contribution in [1.82, 2.24) is 0 Å². The van der Waals surface area contributed by atoms with Crippen molar-refractivity contribution < 1.29 is 175 Å². The minimum atomic E-state index is -5.11. The summed E-state index contributed by atoms with van der Waals surface area (Å²) in [5.41, 5.74) is -0.954. The number of urea groups is 1. The first-order valence-corrected chi connectivity index (χ1v) is 15.9. The number of hydrogen-bond acceptors (Lipinski definition) is 13. The molecule has 2 N–H and O–H groups in total. The van der Waals surface area contributed by atoms with Gasteiger partial charge in [0.15, 0.2) is 0 Å². The average Bonchev–Trinajstić information content (AvgIpc) is 2.81. The van der Waals surface area contributed by atoms with Gasteiger partial charge in [-0.05, 0) is 59.3 Å². The number of nitrogens with one attached hydrogen (secondary N) is 2. The first kappa shape index (κ1) is 44.3. The Morgan fingerprint density at radius 1 is 0.455 bits per heavy atom. The number of benzene rings is 4. The molecule has 0 saturated heterocycles. The van der Waals surface area contributed by atoms with Gasteiger partial charge in [-0.25, -0.2) is 38.5 Å². The van der Waals surface area contributed by atoms with Gasteiger partial charge >= 0.3 is 124 Å². The van der Waals surface area contributed by atoms with E-state index in [2.05, 4.69) is 10.6 Å². The predicted molar refractivity (Wildman–Crippen MR) is 132 cm³/mol. The van der Waals surface area contributed by atoms with Gasteiger partial charge in [-0.2, -0.15) is 0 Å². The molecule has 0 aliphatic heterocycles. The standard InChI is InChI=1S/C21H16N2O13S4.4Na/c24-21(22-19-9-15(39(31,32)33)5-11-1-3-13(7-17(11)19)37(25,26)27)23-20-10-16(40(34,35)36)6-12-2-4-14(8-18(12)20)38(28,29)30;;;;/h1-10H,(H2,22,23,24)(H,25,26,27)(H,28,29,30)(H,31,32,33)(H,34,35,36);;;;/q;4*+1/p-4. The molecule has 15 nitrogen and oxygen atoms in total. The van der Waals surface area contributed by atoms with E-state index >= 15 is 0 Å². The van der Waals surface area contributed by atoms with Gasteiger partial charge in [-0.15, -0.1) is 0 Å². The second-order valence-electron chi connectivity index (χ2n) is 8.10. The molecule has 0 atom stereocenters. The first-order valence-electron chi connectivity index (χ1n) is 10.3. The van der Waals surface area contributed by atoms with Gasteiger partial charge in [0.2, 0.25) is 0 Å². The maximum atomic E-state index is 12.9. The summed E-state index contributed by atoms with van der Waals surface area (Å²) in [5, 5.41) is 3.73. The number of amides is 2. The molecule has 0 heterocycles. The molecule has 4 rings (SSSR count). The minimum Gasteiger partial charge on any atom is -0.744 e. The molecule has 2 amide bonds. The Labute approximate surface area is 340 Å². The zero-order valence-electron chi connectivity index (χ0n) is 23.2. The Bertz CT molecular complexity index is 2040. The van der Waals surface area contributed by atoms with Crippen molar-refractivity contribution in [1.29, 1.82) is 0 Å². The molecule has 0 radical (unpaired) electrons. The molecule has 0 unspecified atom stereocenters. The fourth-order valence-corrected chi connectivity index (χ4v) is 5.76. The molecule has 44 heavy (non-hydrogen) atoms. The van der Waals surface area contributed by atoms with Crippen molar-refractivity contribution in [3.05, 3.63) is 60.7 Å². The minimum absolute atomic E-state index is 0. The summed E-state index contributed by atoms with van der Waals surface area (Å²) in [6.07, 6.45) is 0. The van der Waals surface area contributed by atoms with E-state index in [-0.39, 0.29) is 140 Å². The van der Waals surface area contributed by atoms with Crippen LogP contribution in [0.1, 0.15) is 0 Å². The molecular weight excluding hydrogens is 708 g/mol. The molecule has 0 aliphatic carbocycles. The third-order valence-corrected chi connectivity index (χ3v) is 8.74. The van der Waals surface area contributed by atoms with Crippen LogP contribution >= 0.6 is 0 Å². The third kappa shape index (κ3) is 10.7. The van der Waals surface area contributed by atoms with Crippen molar-refractivity contribution in [3.8, 4) is 0 Å². The van der Waals surface area contributed by atoms with Crippen LogP contribution in [0.4, 0.5) is 16.2 Å². The number of carbonyl (C=O) groups is 1. The Balaban J connectivity index is 0.00000462. The predicted octanol–water partition coefficient (Wildman–Crippen LogP) is -10.7. The molecule has 0 bridgehead atoms. The van der Waals surface area contributed by atoms with Gasteiger partial charge in [-0.3, -0.25) is 0 Å². The Hall–Kier alpha value is 0.310. The Morgan fingerprint density at radius 3 is 1.02 bits per heavy atom. The van der Waals surface area contributed by atoms with Crippen LogP contribution in [0.2, 0.25) is 0 Å². The van der Waals surface area contributed by atoms with Crippen molar-refractivity contribution in [2.45, 2.75) is 19.6 Å². The third-order valence-electron chi connectivity index (χ3n) is 5.45. The molecule has 0 aromatic heterocycles. The van der Waals surface area contributed by atoms with E-state index in [1.807, 2.05) is 0 Å². The second kappa shape index (κ2) is 16.1. The normalized spacial score (nSPS) is 11.7. The zero-order chi connectivity index (χ0) is 29.8. The molecular formula is C21H12N2Na4O13S4. The average molecular weight is 721 g/mol. The summed E-state index contributed by atoms with van der Waals surface area (Å²) in [6, 6.07) is 7.11. The van der Waals surface area contributed by atoms with Crippen molar-refractivity contribution in [3.63, 3.8) is 0 Å². The van der Waals surface area contributed by atoms with Crippen molar-refractivity contribution in [2.75, 3.05) is 10.6 Å². The Morgan fingerprint density at radius 2 is 0.750 bits per heavy atom. The summed E-state index contributed by atoms with van der Waals surface area (Å²) in [4.78, 5) is 9.71. The first-order chi connectivity index (χ1) is 18.2. The number of fused-ring (bicyclic) bond motifs is 2. The van der Waals surface area contributed by atoms with E-state index in [0.717, 1.165) is 48.5 Å². The maximum absolute atomic E-state index is 12.9. The summed E-state index contributed by atoms with van der Waals surface area (Å²) in [5.74, 6) is 0. The second-order valence-corrected chi connectivity index (χ2v) is 13.6. The van der Waals surface area contributed by atoms with E-state index in [9.17, 15) is 56.7 Å². The van der Waals surface area contributed by atoms with Gasteiger partial charge < -0.3 is 28.8 Å². The Kier molecular flexibility index (Phi) is 16.3. The SMILES string of the molecule is O=C(Nc1cc(S(=O)(=O)[O-])cc2ccc(S(=O)(=O)[O-])cc12)Nc1cc(S(=O)(=O)[O-])cc2ccc(S(=O)(=O)[O-])cc12.[Na+].[Na+].[Na+].[Na+]. The van der Waals surface area contributed by atoms with Crippen molar-refractivity contribution >= 4 is 79.4 Å². The van der Waals surface area contributed by atoms with Gasteiger partial charge in [0.05, 0.1) is 31.0 Å². The topological polar surface area (TPSA) is 270 Å². The van der Waals surface area contributed by atoms with E-state index in [1.165, 1.54) is 0 Å². The fraction of sp³-hybridized carbons (Fsp3) is 0. The molecule has 0 saturated carbocycles. The van der Waals surface area contributed by atoms with Crippen LogP contribution in [0.15, 0.2) is 80.2 Å². The number of hydrogen-bond donors (Lipinski definition) is 2. The van der Waals surface area contributed by atoms with Gasteiger partial charge in [0.1, 0.15) is 40.5 Å². The quantitative estimate of drug-likeness (QED) is 0.139. The van der Waals surface area contributed by atoms with E-state index in [0.29, 0.717) is 12.1 Å². The molecule has 0 fully saturated rings. The van der Waals surface area contributed by atoms with E-state index in [1.54, 1.807) is 0 Å². The molecule has 212 valence electrons. The zero-order valence-corrected chi connectivity index (χ0v) is 34.5. The van der Waals surface area contributed by atoms with Crippen LogP contribution in [-0.4, -0.2) is 57.9 Å². The monoisotopic (exact) mass is 720 g/mol. The summed E-state index contributed by atoms with van der Waals surface area (Å²) in [7, 11) is -20.2. The van der Waals surface area contributed by atoms with E-state index < -0.39 is 77.5 Å². The number of anilines is 2. The van der Waals surface area contributed by atoms with Crippen molar-refractivity contribution in [2.24, 2.45) is 0 Å². The van der Waals surface area contributed by atoms with Crippen LogP contribution in [0, 0.1) is 0 Å². The molecule has 23 heteroatoms. The van der Waals surface area contributed by atoms with Gasteiger partial charge in [-0.1, -0.05) is 12.1 Å². The summed E-state index contributed by atoms with van der Waals surface area (Å²) in [6.45, 7) is 0. The number of carbonyl (C=O) groups excluding carboxylic acids is 1. The maximum Gasteiger partial charge on any atom is 1.00 e. The summed E-state index contributed by atoms with van der Waals surface area (Å²) < 4.78 is 139. The molecule has 0 spiro atoms. The van der Waals surface area contributed by atoms with Crippen LogP contribution in [-0.2, 0) is 40.5 Å². The summed E-state index contributed by atoms with van der Waals surface area (Å²) >= 11 is 0. The number of rotatable bonds is 6. The largest absolute Gasteiger partial charge is 1.00 e. The molecule has 0 aliphatic rings. The van der Waals surface area contributed by atoms with Gasteiger partial charge in [0.25, 0.3) is 0 Å². The molecule has 4 aromatic carbocycles. The fourth-order valence-electron chi connectivity index (χ4n) is 3.70. The van der Waals surface area contributed by atoms with Crippen LogP contribution in [0.5, 0.6) is 0 Å².